The maximum Gasteiger partial charge on any atom is 0.0674 e. The van der Waals surface area contributed by atoms with Crippen LogP contribution in [0.2, 0.25) is 0 Å². The maximum atomic E-state index is 5.59. The Morgan fingerprint density at radius 3 is 2.89 bits per heavy atom. The molecule has 1 aliphatic rings. The molecule has 1 N–H and O–H groups in total. The van der Waals surface area contributed by atoms with Crippen molar-refractivity contribution in [1.29, 1.82) is 0 Å². The molecule has 0 spiro atoms. The van der Waals surface area contributed by atoms with Crippen molar-refractivity contribution in [2.75, 3.05) is 33.3 Å². The maximum absolute atomic E-state index is 5.59. The van der Waals surface area contributed by atoms with E-state index >= 15 is 0 Å². The Hall–Kier alpha value is -0.900. The molecule has 3 heteroatoms. The third-order valence-corrected chi connectivity index (χ3v) is 3.68. The molecule has 0 saturated carbocycles. The molecule has 1 saturated heterocycles. The largest absolute Gasteiger partial charge is 0.376 e. The molecule has 0 aromatic heterocycles. The quantitative estimate of drug-likeness (QED) is 0.882. The van der Waals surface area contributed by atoms with Crippen LogP contribution in [0, 0.1) is 6.92 Å². The highest BCUT2D eigenvalue weighted by Crippen LogP contribution is 2.19. The molecule has 1 aromatic carbocycles. The van der Waals surface area contributed by atoms with E-state index in [9.17, 15) is 0 Å². The lowest BCUT2D eigenvalue weighted by molar-refractivity contribution is -0.0209. The smallest absolute Gasteiger partial charge is 0.0674 e. The summed E-state index contributed by atoms with van der Waals surface area (Å²) in [5.74, 6) is 0. The summed E-state index contributed by atoms with van der Waals surface area (Å²) < 4.78 is 5.59. The summed E-state index contributed by atoms with van der Waals surface area (Å²) in [5, 5.41) is 3.44. The molecule has 2 rings (SSSR count). The van der Waals surface area contributed by atoms with Crippen molar-refractivity contribution < 1.29 is 4.74 Å². The van der Waals surface area contributed by atoms with Gasteiger partial charge in [-0.3, -0.25) is 4.90 Å². The number of morpholine rings is 1. The van der Waals surface area contributed by atoms with Gasteiger partial charge < -0.3 is 10.1 Å². The minimum atomic E-state index is 0.355. The van der Waals surface area contributed by atoms with Crippen LogP contribution in [0.5, 0.6) is 0 Å². The number of hydrogen-bond acceptors (Lipinski definition) is 3. The van der Waals surface area contributed by atoms with Crippen molar-refractivity contribution in [2.24, 2.45) is 0 Å². The van der Waals surface area contributed by atoms with E-state index in [0.717, 1.165) is 26.2 Å². The Morgan fingerprint density at radius 1 is 1.44 bits per heavy atom. The summed E-state index contributed by atoms with van der Waals surface area (Å²) in [7, 11) is 2.04. The van der Waals surface area contributed by atoms with Crippen LogP contribution in [0.1, 0.15) is 24.1 Å². The van der Waals surface area contributed by atoms with E-state index in [2.05, 4.69) is 48.3 Å². The molecule has 0 amide bonds. The number of nitrogens with zero attached hydrogens (tertiary/aromatic N) is 1. The lowest BCUT2D eigenvalue weighted by Gasteiger charge is -2.34. The predicted molar refractivity (Wildman–Crippen MR) is 74.8 cm³/mol. The summed E-state index contributed by atoms with van der Waals surface area (Å²) in [6.07, 6.45) is 0.355. The predicted octanol–water partition coefficient (Wildman–Crippen LogP) is 1.98. The Labute approximate surface area is 110 Å². The molecular formula is C15H24N2O. The molecule has 0 aliphatic carbocycles. The molecule has 1 fully saturated rings. The van der Waals surface area contributed by atoms with Crippen molar-refractivity contribution in [3.63, 3.8) is 0 Å². The van der Waals surface area contributed by atoms with Gasteiger partial charge in [0, 0.05) is 25.7 Å². The van der Waals surface area contributed by atoms with Crippen molar-refractivity contribution in [1.82, 2.24) is 10.2 Å². The van der Waals surface area contributed by atoms with Gasteiger partial charge in [0.15, 0.2) is 0 Å². The van der Waals surface area contributed by atoms with Crippen LogP contribution >= 0.6 is 0 Å². The van der Waals surface area contributed by atoms with E-state index < -0.39 is 0 Å². The zero-order chi connectivity index (χ0) is 13.0. The fraction of sp³-hybridized carbons (Fsp3) is 0.600. The highest BCUT2D eigenvalue weighted by molar-refractivity contribution is 5.29. The molecule has 100 valence electrons. The van der Waals surface area contributed by atoms with Gasteiger partial charge in [-0.15, -0.1) is 0 Å². The highest BCUT2D eigenvalue weighted by Gasteiger charge is 2.21. The van der Waals surface area contributed by atoms with Gasteiger partial charge in [0.05, 0.1) is 12.7 Å². The van der Waals surface area contributed by atoms with Crippen LogP contribution in [0.3, 0.4) is 0 Å². The molecular weight excluding hydrogens is 224 g/mol. The highest BCUT2D eigenvalue weighted by atomic mass is 16.5. The molecule has 18 heavy (non-hydrogen) atoms. The summed E-state index contributed by atoms with van der Waals surface area (Å²) in [4.78, 5) is 2.49. The Kier molecular flexibility index (Phi) is 4.75. The first-order valence-electron chi connectivity index (χ1n) is 6.77. The topological polar surface area (TPSA) is 24.5 Å². The Bertz CT molecular complexity index is 381. The van der Waals surface area contributed by atoms with Crippen LogP contribution in [0.4, 0.5) is 0 Å². The first-order chi connectivity index (χ1) is 8.70. The van der Waals surface area contributed by atoms with E-state index in [0.29, 0.717) is 12.1 Å². The lowest BCUT2D eigenvalue weighted by atomic mass is 10.0. The summed E-state index contributed by atoms with van der Waals surface area (Å²) in [6, 6.07) is 9.02. The fourth-order valence-electron chi connectivity index (χ4n) is 2.64. The number of rotatable bonds is 4. The minimum absolute atomic E-state index is 0.355. The van der Waals surface area contributed by atoms with Crippen molar-refractivity contribution in [3.8, 4) is 0 Å². The third-order valence-electron chi connectivity index (χ3n) is 3.68. The number of hydrogen-bond donors (Lipinski definition) is 1. The molecule has 2 atom stereocenters. The Morgan fingerprint density at radius 2 is 2.22 bits per heavy atom. The van der Waals surface area contributed by atoms with Crippen LogP contribution in [-0.2, 0) is 4.74 Å². The molecule has 0 radical (unpaired) electrons. The number of likely N-dealkylation sites (N-methyl/N-ethyl adjacent to an activating group) is 1. The van der Waals surface area contributed by atoms with Crippen LogP contribution in [0.25, 0.3) is 0 Å². The van der Waals surface area contributed by atoms with Gasteiger partial charge in [0.1, 0.15) is 0 Å². The second-order valence-corrected chi connectivity index (χ2v) is 5.14. The summed E-state index contributed by atoms with van der Waals surface area (Å²) >= 11 is 0. The second-order valence-electron chi connectivity index (χ2n) is 5.14. The monoisotopic (exact) mass is 248 g/mol. The normalized spacial score (nSPS) is 22.9. The first kappa shape index (κ1) is 13.5. The van der Waals surface area contributed by atoms with E-state index in [1.807, 2.05) is 7.05 Å². The van der Waals surface area contributed by atoms with Crippen molar-refractivity contribution in [3.05, 3.63) is 35.4 Å². The van der Waals surface area contributed by atoms with Gasteiger partial charge in [0.2, 0.25) is 0 Å². The third kappa shape index (κ3) is 3.31. The number of ether oxygens (including phenoxy) is 1. The van der Waals surface area contributed by atoms with Gasteiger partial charge in [0.25, 0.3) is 0 Å². The lowest BCUT2D eigenvalue weighted by Crippen LogP contribution is -2.44. The van der Waals surface area contributed by atoms with Crippen molar-refractivity contribution in [2.45, 2.75) is 26.0 Å². The van der Waals surface area contributed by atoms with Gasteiger partial charge >= 0.3 is 0 Å². The second kappa shape index (κ2) is 6.32. The van der Waals surface area contributed by atoms with Crippen LogP contribution < -0.4 is 5.32 Å². The molecule has 1 aliphatic heterocycles. The van der Waals surface area contributed by atoms with Crippen molar-refractivity contribution >= 4 is 0 Å². The van der Waals surface area contributed by atoms with E-state index in [1.165, 1.54) is 11.1 Å². The fourth-order valence-corrected chi connectivity index (χ4v) is 2.64. The SMILES string of the molecule is CNC(CN1CCOC(C)C1)c1ccccc1C. The summed E-state index contributed by atoms with van der Waals surface area (Å²) in [6.45, 7) is 8.30. The standard InChI is InChI=1S/C15H24N2O/c1-12-6-4-5-7-14(12)15(16-3)11-17-8-9-18-13(2)10-17/h4-7,13,15-16H,8-11H2,1-3H3. The minimum Gasteiger partial charge on any atom is -0.376 e. The molecule has 1 heterocycles. The van der Waals surface area contributed by atoms with E-state index in [4.69, 9.17) is 4.74 Å². The zero-order valence-corrected chi connectivity index (χ0v) is 11.6. The van der Waals surface area contributed by atoms with Crippen LogP contribution in [0.15, 0.2) is 24.3 Å². The number of aryl methyl sites for hydroxylation is 1. The zero-order valence-electron chi connectivity index (χ0n) is 11.6. The number of nitrogens with one attached hydrogen (secondary N) is 1. The van der Waals surface area contributed by atoms with E-state index in [-0.39, 0.29) is 0 Å². The van der Waals surface area contributed by atoms with Crippen LogP contribution in [-0.4, -0.2) is 44.3 Å². The number of benzene rings is 1. The average molecular weight is 248 g/mol. The molecule has 1 aromatic rings. The molecule has 3 nitrogen and oxygen atoms in total. The Balaban J connectivity index is 2.03. The van der Waals surface area contributed by atoms with Gasteiger partial charge in [-0.25, -0.2) is 0 Å². The van der Waals surface area contributed by atoms with E-state index in [1.54, 1.807) is 0 Å². The first-order valence-corrected chi connectivity index (χ1v) is 6.77. The molecule has 0 bridgehead atoms. The molecule has 2 unspecified atom stereocenters. The van der Waals surface area contributed by atoms with Gasteiger partial charge in [-0.1, -0.05) is 24.3 Å². The van der Waals surface area contributed by atoms with Gasteiger partial charge in [-0.05, 0) is 32.0 Å². The summed E-state index contributed by atoms with van der Waals surface area (Å²) in [5.41, 5.74) is 2.76. The van der Waals surface area contributed by atoms with Gasteiger partial charge in [-0.2, -0.15) is 0 Å². The average Bonchev–Trinajstić information content (AvgIpc) is 2.37.